The van der Waals surface area contributed by atoms with E-state index in [1.54, 1.807) is 13.3 Å². The molecule has 0 unspecified atom stereocenters. The van der Waals surface area contributed by atoms with Gasteiger partial charge in [-0.05, 0) is 43.7 Å². The summed E-state index contributed by atoms with van der Waals surface area (Å²) < 4.78 is 36.9. The highest BCUT2D eigenvalue weighted by molar-refractivity contribution is 5.79. The molecule has 6 nitrogen and oxygen atoms in total. The van der Waals surface area contributed by atoms with E-state index in [9.17, 15) is 18.0 Å². The molecule has 0 aliphatic carbocycles. The second kappa shape index (κ2) is 9.72. The van der Waals surface area contributed by atoms with Crippen LogP contribution in [0.25, 0.3) is 0 Å². The minimum atomic E-state index is -5.08. The number of nitrogens with zero attached hydrogens (tertiary/aromatic N) is 1. The number of hydrogen-bond donors (Lipinski definition) is 2. The first-order valence-corrected chi connectivity index (χ1v) is 8.11. The Balaban J connectivity index is 0.000000480. The Kier molecular flexibility index (Phi) is 7.97. The minimum Gasteiger partial charge on any atom is -0.497 e. The van der Waals surface area contributed by atoms with Crippen molar-refractivity contribution in [2.24, 2.45) is 0 Å². The lowest BCUT2D eigenvalue weighted by atomic mass is 9.94. The highest BCUT2D eigenvalue weighted by Gasteiger charge is 2.38. The molecule has 1 heterocycles. The zero-order valence-electron chi connectivity index (χ0n) is 15.6. The molecule has 9 heteroatoms. The summed E-state index contributed by atoms with van der Waals surface area (Å²) in [5, 5.41) is 10.2. The maximum atomic E-state index is 12.1. The van der Waals surface area contributed by atoms with E-state index in [4.69, 9.17) is 14.6 Å². The number of carboxylic acid groups (broad SMARTS) is 1. The standard InChI is InChI=1S/C17H20N2O2.C2HF3O2/c1-17(2,13-7-9-15(21-3)10-8-13)19-16(20)12-14-6-4-5-11-18-14;3-2(4,5)1(6)7/h4-11H,12H2,1-3H3,(H,19,20);(H,6,7). The van der Waals surface area contributed by atoms with E-state index < -0.39 is 17.7 Å². The number of benzene rings is 1. The average Bonchev–Trinajstić information content (AvgIpc) is 2.61. The molecular formula is C19H21F3N2O4. The predicted octanol–water partition coefficient (Wildman–Crippen LogP) is 3.32. The highest BCUT2D eigenvalue weighted by Crippen LogP contribution is 2.22. The first-order chi connectivity index (χ1) is 13.0. The molecule has 0 saturated carbocycles. The number of hydrogen-bond acceptors (Lipinski definition) is 4. The molecule has 0 aliphatic heterocycles. The molecule has 1 aromatic carbocycles. The van der Waals surface area contributed by atoms with Crippen LogP contribution in [-0.2, 0) is 21.5 Å². The van der Waals surface area contributed by atoms with Crippen LogP contribution in [0.4, 0.5) is 13.2 Å². The molecule has 2 rings (SSSR count). The summed E-state index contributed by atoms with van der Waals surface area (Å²) in [6.45, 7) is 3.95. The number of carbonyl (C=O) groups is 2. The molecule has 152 valence electrons. The van der Waals surface area contributed by atoms with Crippen molar-refractivity contribution in [3.05, 3.63) is 59.9 Å². The first kappa shape index (κ1) is 22.9. The number of aromatic nitrogens is 1. The van der Waals surface area contributed by atoms with Crippen LogP contribution in [0.1, 0.15) is 25.1 Å². The van der Waals surface area contributed by atoms with Crippen LogP contribution in [0.15, 0.2) is 48.7 Å². The van der Waals surface area contributed by atoms with Gasteiger partial charge in [-0.2, -0.15) is 13.2 Å². The monoisotopic (exact) mass is 398 g/mol. The summed E-state index contributed by atoms with van der Waals surface area (Å²) in [7, 11) is 1.63. The number of carbonyl (C=O) groups excluding carboxylic acids is 1. The number of ether oxygens (including phenoxy) is 1. The van der Waals surface area contributed by atoms with Crippen molar-refractivity contribution in [2.45, 2.75) is 32.0 Å². The van der Waals surface area contributed by atoms with Gasteiger partial charge in [0.05, 0.1) is 19.1 Å². The lowest BCUT2D eigenvalue weighted by Crippen LogP contribution is -2.41. The van der Waals surface area contributed by atoms with E-state index in [1.165, 1.54) is 0 Å². The minimum absolute atomic E-state index is 0.0467. The van der Waals surface area contributed by atoms with Crippen LogP contribution >= 0.6 is 0 Å². The normalized spacial score (nSPS) is 11.1. The first-order valence-electron chi connectivity index (χ1n) is 8.11. The van der Waals surface area contributed by atoms with Crippen molar-refractivity contribution in [1.29, 1.82) is 0 Å². The summed E-state index contributed by atoms with van der Waals surface area (Å²) in [5.41, 5.74) is 1.34. The molecule has 28 heavy (non-hydrogen) atoms. The summed E-state index contributed by atoms with van der Waals surface area (Å²) in [6, 6.07) is 13.3. The third kappa shape index (κ3) is 7.65. The van der Waals surface area contributed by atoms with E-state index in [0.29, 0.717) is 0 Å². The molecule has 0 spiro atoms. The van der Waals surface area contributed by atoms with Gasteiger partial charge in [0.1, 0.15) is 5.75 Å². The average molecular weight is 398 g/mol. The molecule has 0 atom stereocenters. The number of rotatable bonds is 5. The number of carboxylic acids is 1. The van der Waals surface area contributed by atoms with Crippen LogP contribution in [0.2, 0.25) is 0 Å². The summed E-state index contributed by atoms with van der Waals surface area (Å²) in [6.07, 6.45) is -3.11. The Hall–Kier alpha value is -3.10. The van der Waals surface area contributed by atoms with Gasteiger partial charge in [-0.1, -0.05) is 18.2 Å². The highest BCUT2D eigenvalue weighted by atomic mass is 19.4. The molecule has 0 saturated heterocycles. The van der Waals surface area contributed by atoms with Crippen molar-refractivity contribution in [3.8, 4) is 5.75 Å². The lowest BCUT2D eigenvalue weighted by Gasteiger charge is -2.27. The molecule has 1 amide bonds. The van der Waals surface area contributed by atoms with E-state index in [0.717, 1.165) is 17.0 Å². The van der Waals surface area contributed by atoms with Crippen LogP contribution in [0.5, 0.6) is 5.75 Å². The quantitative estimate of drug-likeness (QED) is 0.807. The van der Waals surface area contributed by atoms with E-state index in [1.807, 2.05) is 56.3 Å². The number of pyridine rings is 1. The molecule has 0 bridgehead atoms. The number of halogens is 3. The van der Waals surface area contributed by atoms with Gasteiger partial charge in [0, 0.05) is 11.9 Å². The maximum absolute atomic E-state index is 12.1. The van der Waals surface area contributed by atoms with Crippen molar-refractivity contribution in [3.63, 3.8) is 0 Å². The second-order valence-electron chi connectivity index (χ2n) is 6.20. The number of nitrogens with one attached hydrogen (secondary N) is 1. The topological polar surface area (TPSA) is 88.5 Å². The fourth-order valence-electron chi connectivity index (χ4n) is 2.14. The SMILES string of the molecule is COc1ccc(C(C)(C)NC(=O)Cc2ccccn2)cc1.O=C(O)C(F)(F)F. The molecular weight excluding hydrogens is 377 g/mol. The molecule has 1 aromatic heterocycles. The van der Waals surface area contributed by atoms with Gasteiger partial charge >= 0.3 is 12.1 Å². The van der Waals surface area contributed by atoms with Crippen LogP contribution in [0.3, 0.4) is 0 Å². The summed E-state index contributed by atoms with van der Waals surface area (Å²) in [4.78, 5) is 25.2. The van der Waals surface area contributed by atoms with E-state index >= 15 is 0 Å². The van der Waals surface area contributed by atoms with Crippen LogP contribution in [-0.4, -0.2) is 35.3 Å². The lowest BCUT2D eigenvalue weighted by molar-refractivity contribution is -0.192. The zero-order chi connectivity index (χ0) is 21.4. The summed E-state index contributed by atoms with van der Waals surface area (Å²) >= 11 is 0. The predicted molar refractivity (Wildman–Crippen MR) is 95.8 cm³/mol. The Morgan fingerprint density at radius 3 is 2.11 bits per heavy atom. The van der Waals surface area contributed by atoms with Crippen molar-refractivity contribution < 1.29 is 32.6 Å². The fourth-order valence-corrected chi connectivity index (χ4v) is 2.14. The molecule has 0 radical (unpaired) electrons. The van der Waals surface area contributed by atoms with Gasteiger partial charge in [0.25, 0.3) is 0 Å². The largest absolute Gasteiger partial charge is 0.497 e. The Morgan fingerprint density at radius 1 is 1.11 bits per heavy atom. The van der Waals surface area contributed by atoms with Crippen molar-refractivity contribution >= 4 is 11.9 Å². The Bertz CT molecular complexity index is 776. The van der Waals surface area contributed by atoms with Gasteiger partial charge in [0.15, 0.2) is 0 Å². The van der Waals surface area contributed by atoms with Crippen molar-refractivity contribution in [2.75, 3.05) is 7.11 Å². The number of alkyl halides is 3. The van der Waals surface area contributed by atoms with Gasteiger partial charge in [-0.15, -0.1) is 0 Å². The van der Waals surface area contributed by atoms with Gasteiger partial charge in [-0.3, -0.25) is 9.78 Å². The molecule has 2 aromatic rings. The van der Waals surface area contributed by atoms with Gasteiger partial charge < -0.3 is 15.2 Å². The van der Waals surface area contributed by atoms with Crippen LogP contribution in [0, 0.1) is 0 Å². The Labute approximate surface area is 160 Å². The van der Waals surface area contributed by atoms with E-state index in [-0.39, 0.29) is 12.3 Å². The fraction of sp³-hybridized carbons (Fsp3) is 0.316. The molecule has 0 aliphatic rings. The number of methoxy groups -OCH3 is 1. The number of amides is 1. The van der Waals surface area contributed by atoms with Crippen molar-refractivity contribution in [1.82, 2.24) is 10.3 Å². The third-order valence-corrected chi connectivity index (χ3v) is 3.57. The second-order valence-corrected chi connectivity index (χ2v) is 6.20. The Morgan fingerprint density at radius 2 is 1.68 bits per heavy atom. The smallest absolute Gasteiger partial charge is 0.490 e. The molecule has 0 fully saturated rings. The zero-order valence-corrected chi connectivity index (χ0v) is 15.6. The third-order valence-electron chi connectivity index (χ3n) is 3.57. The summed E-state index contributed by atoms with van der Waals surface area (Å²) in [5.74, 6) is -2.00. The van der Waals surface area contributed by atoms with Gasteiger partial charge in [-0.25, -0.2) is 4.79 Å². The molecule has 2 N–H and O–H groups in total. The van der Waals surface area contributed by atoms with Gasteiger partial charge in [0.2, 0.25) is 5.91 Å². The van der Waals surface area contributed by atoms with Crippen LogP contribution < -0.4 is 10.1 Å². The van der Waals surface area contributed by atoms with E-state index in [2.05, 4.69) is 10.3 Å². The number of aliphatic carboxylic acids is 1. The maximum Gasteiger partial charge on any atom is 0.490 e.